The number of aliphatic hydroxyl groups is 2. The van der Waals surface area contributed by atoms with Crippen LogP contribution in [0.25, 0.3) is 11.1 Å². The maximum absolute atomic E-state index is 13.7. The van der Waals surface area contributed by atoms with Crippen LogP contribution in [-0.4, -0.2) is 45.7 Å². The Morgan fingerprint density at radius 1 is 1.03 bits per heavy atom. The summed E-state index contributed by atoms with van der Waals surface area (Å²) in [5.41, 5.74) is 4.27. The highest BCUT2D eigenvalue weighted by Gasteiger charge is 2.30. The minimum Gasteiger partial charge on any atom is -0.396 e. The summed E-state index contributed by atoms with van der Waals surface area (Å²) < 4.78 is 26.8. The number of aromatic nitrogens is 1. The molecule has 0 bridgehead atoms. The number of halogens is 2. The van der Waals surface area contributed by atoms with E-state index >= 15 is 0 Å². The minimum absolute atomic E-state index is 0.0562. The van der Waals surface area contributed by atoms with Gasteiger partial charge in [0.15, 0.2) is 0 Å². The van der Waals surface area contributed by atoms with E-state index in [1.165, 1.54) is 24.3 Å². The van der Waals surface area contributed by atoms with E-state index in [4.69, 9.17) is 0 Å². The molecule has 2 heterocycles. The summed E-state index contributed by atoms with van der Waals surface area (Å²) in [6.45, 7) is 0.782. The number of carbonyl (C=O) groups excluding carboxylic acids is 1. The molecule has 1 amide bonds. The highest BCUT2D eigenvalue weighted by atomic mass is 19.1. The third kappa shape index (κ3) is 4.54. The number of hydrogen-bond donors (Lipinski definition) is 2. The van der Waals surface area contributed by atoms with Crippen LogP contribution in [0.4, 0.5) is 8.78 Å². The Labute approximate surface area is 185 Å². The van der Waals surface area contributed by atoms with Gasteiger partial charge in [-0.3, -0.25) is 4.79 Å². The lowest BCUT2D eigenvalue weighted by atomic mass is 9.89. The molecule has 166 valence electrons. The van der Waals surface area contributed by atoms with Crippen LogP contribution in [-0.2, 0) is 13.0 Å². The van der Waals surface area contributed by atoms with Gasteiger partial charge in [-0.2, -0.15) is 0 Å². The molecule has 1 aliphatic rings. The van der Waals surface area contributed by atoms with Gasteiger partial charge in [-0.15, -0.1) is 0 Å². The van der Waals surface area contributed by atoms with Crippen LogP contribution in [0.2, 0.25) is 0 Å². The summed E-state index contributed by atoms with van der Waals surface area (Å²) >= 11 is 0. The van der Waals surface area contributed by atoms with E-state index in [1.807, 2.05) is 18.2 Å². The number of pyridine rings is 1. The predicted octanol–water partition coefficient (Wildman–Crippen LogP) is 3.68. The van der Waals surface area contributed by atoms with Gasteiger partial charge in [-0.1, -0.05) is 18.2 Å². The molecule has 1 saturated heterocycles. The molecule has 1 aliphatic heterocycles. The molecule has 2 aromatic carbocycles. The zero-order chi connectivity index (χ0) is 22.7. The monoisotopic (exact) mass is 438 g/mol. The van der Waals surface area contributed by atoms with Crippen LogP contribution < -0.4 is 0 Å². The van der Waals surface area contributed by atoms with Gasteiger partial charge in [0.25, 0.3) is 5.91 Å². The van der Waals surface area contributed by atoms with Crippen molar-refractivity contribution in [1.82, 2.24) is 9.88 Å². The molecule has 4 rings (SSSR count). The van der Waals surface area contributed by atoms with Crippen molar-refractivity contribution in [2.24, 2.45) is 0 Å². The molecule has 1 aromatic heterocycles. The van der Waals surface area contributed by atoms with Gasteiger partial charge in [-0.25, -0.2) is 13.8 Å². The van der Waals surface area contributed by atoms with Crippen molar-refractivity contribution in [2.75, 3.05) is 19.7 Å². The standard InChI is InChI=1S/C25H24F2N2O3/c26-20-2-5-22(17(12-20)8-10-30)16-1-4-23(19(11-16)15-31)18-7-9-29(14-18)25(32)24-6-3-21(27)13-28-24/h1-6,11-13,18,30-31H,7-10,14-15H2/t18-/m1/s1. The molecule has 32 heavy (non-hydrogen) atoms. The maximum Gasteiger partial charge on any atom is 0.272 e. The molecular formula is C25H24F2N2O3. The normalized spacial score (nSPS) is 15.9. The van der Waals surface area contributed by atoms with E-state index in [2.05, 4.69) is 4.98 Å². The number of amides is 1. The fourth-order valence-electron chi connectivity index (χ4n) is 4.34. The van der Waals surface area contributed by atoms with Crippen molar-refractivity contribution in [1.29, 1.82) is 0 Å². The van der Waals surface area contributed by atoms with E-state index in [1.54, 1.807) is 11.0 Å². The predicted molar refractivity (Wildman–Crippen MR) is 116 cm³/mol. The summed E-state index contributed by atoms with van der Waals surface area (Å²) in [5.74, 6) is -1.03. The van der Waals surface area contributed by atoms with E-state index in [0.29, 0.717) is 25.1 Å². The molecule has 0 spiro atoms. The third-order valence-electron chi connectivity index (χ3n) is 5.93. The van der Waals surface area contributed by atoms with Gasteiger partial charge in [0.1, 0.15) is 17.3 Å². The fraction of sp³-hybridized carbons (Fsp3) is 0.280. The quantitative estimate of drug-likeness (QED) is 0.616. The zero-order valence-electron chi connectivity index (χ0n) is 17.5. The first kappa shape index (κ1) is 22.0. The van der Waals surface area contributed by atoms with Crippen molar-refractivity contribution in [2.45, 2.75) is 25.4 Å². The van der Waals surface area contributed by atoms with Gasteiger partial charge in [-0.05, 0) is 71.0 Å². The molecule has 0 aliphatic carbocycles. The first-order valence-corrected chi connectivity index (χ1v) is 10.5. The molecule has 1 atom stereocenters. The van der Waals surface area contributed by atoms with E-state index < -0.39 is 5.82 Å². The molecule has 3 aromatic rings. The van der Waals surface area contributed by atoms with Crippen LogP contribution in [0.5, 0.6) is 0 Å². The lowest BCUT2D eigenvalue weighted by Gasteiger charge is -2.19. The number of nitrogens with zero attached hydrogens (tertiary/aromatic N) is 2. The van der Waals surface area contributed by atoms with Crippen LogP contribution in [0, 0.1) is 11.6 Å². The van der Waals surface area contributed by atoms with Crippen LogP contribution in [0.3, 0.4) is 0 Å². The van der Waals surface area contributed by atoms with Crippen LogP contribution in [0.15, 0.2) is 54.7 Å². The molecule has 0 saturated carbocycles. The second-order valence-electron chi connectivity index (χ2n) is 7.95. The first-order chi connectivity index (χ1) is 15.5. The Kier molecular flexibility index (Phi) is 6.58. The minimum atomic E-state index is -0.489. The topological polar surface area (TPSA) is 73.7 Å². The molecule has 2 N–H and O–H groups in total. The smallest absolute Gasteiger partial charge is 0.272 e. The van der Waals surface area contributed by atoms with Crippen LogP contribution >= 0.6 is 0 Å². The van der Waals surface area contributed by atoms with Gasteiger partial charge >= 0.3 is 0 Å². The van der Waals surface area contributed by atoms with Gasteiger partial charge in [0.2, 0.25) is 0 Å². The van der Waals surface area contributed by atoms with Crippen molar-refractivity contribution >= 4 is 5.91 Å². The highest BCUT2D eigenvalue weighted by Crippen LogP contribution is 2.34. The molecular weight excluding hydrogens is 414 g/mol. The summed E-state index contributed by atoms with van der Waals surface area (Å²) in [6, 6.07) is 12.8. The fourth-order valence-corrected chi connectivity index (χ4v) is 4.34. The first-order valence-electron chi connectivity index (χ1n) is 10.5. The summed E-state index contributed by atoms with van der Waals surface area (Å²) in [7, 11) is 0. The Bertz CT molecular complexity index is 1120. The number of aliphatic hydroxyl groups excluding tert-OH is 2. The average molecular weight is 438 g/mol. The number of likely N-dealkylation sites (tertiary alicyclic amines) is 1. The number of carbonyl (C=O) groups is 1. The number of hydrogen-bond acceptors (Lipinski definition) is 4. The van der Waals surface area contributed by atoms with Gasteiger partial charge in [0, 0.05) is 25.6 Å². The number of rotatable bonds is 6. The SMILES string of the molecule is O=C(c1ccc(F)cn1)N1CC[C@@H](c2ccc(-c3ccc(F)cc3CCO)cc2CO)C1. The molecule has 1 fully saturated rings. The maximum atomic E-state index is 13.7. The largest absolute Gasteiger partial charge is 0.396 e. The number of benzene rings is 2. The Balaban J connectivity index is 1.57. The van der Waals surface area contributed by atoms with E-state index in [9.17, 15) is 23.8 Å². The highest BCUT2D eigenvalue weighted by molar-refractivity contribution is 5.92. The van der Waals surface area contributed by atoms with E-state index in [0.717, 1.165) is 34.9 Å². The molecule has 0 radical (unpaired) electrons. The van der Waals surface area contributed by atoms with Crippen molar-refractivity contribution in [3.63, 3.8) is 0 Å². The Morgan fingerprint density at radius 2 is 1.84 bits per heavy atom. The van der Waals surface area contributed by atoms with Gasteiger partial charge in [0.05, 0.1) is 12.8 Å². The second-order valence-corrected chi connectivity index (χ2v) is 7.95. The molecule has 0 unspecified atom stereocenters. The second kappa shape index (κ2) is 9.54. The summed E-state index contributed by atoms with van der Waals surface area (Å²) in [5, 5.41) is 19.3. The molecule has 5 nitrogen and oxygen atoms in total. The van der Waals surface area contributed by atoms with Crippen molar-refractivity contribution in [3.05, 3.63) is 88.7 Å². The van der Waals surface area contributed by atoms with Crippen LogP contribution in [0.1, 0.15) is 39.5 Å². The lowest BCUT2D eigenvalue weighted by Crippen LogP contribution is -2.29. The van der Waals surface area contributed by atoms with Crippen molar-refractivity contribution < 1.29 is 23.8 Å². The zero-order valence-corrected chi connectivity index (χ0v) is 17.5. The van der Waals surface area contributed by atoms with E-state index in [-0.39, 0.29) is 36.5 Å². The van der Waals surface area contributed by atoms with Gasteiger partial charge < -0.3 is 15.1 Å². The Morgan fingerprint density at radius 3 is 2.56 bits per heavy atom. The summed E-state index contributed by atoms with van der Waals surface area (Å²) in [4.78, 5) is 18.3. The molecule has 7 heteroatoms. The summed E-state index contributed by atoms with van der Waals surface area (Å²) in [6.07, 6.45) is 2.11. The average Bonchev–Trinajstić information content (AvgIpc) is 3.29. The lowest BCUT2D eigenvalue weighted by molar-refractivity contribution is 0.0785. The Hall–Kier alpha value is -3.16. The third-order valence-corrected chi connectivity index (χ3v) is 5.93. The van der Waals surface area contributed by atoms with Crippen molar-refractivity contribution in [3.8, 4) is 11.1 Å².